The topological polar surface area (TPSA) is 130 Å². The number of carbonyl (C=O) groups excluding carboxylic acids is 1. The number of hydrogen-bond donors (Lipinski definition) is 1. The second-order valence-electron chi connectivity index (χ2n) is 17.4. The molecule has 0 saturated carbocycles. The highest BCUT2D eigenvalue weighted by molar-refractivity contribution is 7.64. The van der Waals surface area contributed by atoms with Crippen LogP contribution in [0.5, 0.6) is 5.75 Å². The maximum absolute atomic E-state index is 15.6. The number of nitrogens with one attached hydrogen (secondary N) is 1. The molecule has 1 fully saturated rings. The maximum atomic E-state index is 15.6. The summed E-state index contributed by atoms with van der Waals surface area (Å²) in [5, 5.41) is 2.25. The molecule has 1 aliphatic heterocycles. The third kappa shape index (κ3) is 11.3. The first kappa shape index (κ1) is 45.0. The van der Waals surface area contributed by atoms with E-state index in [0.29, 0.717) is 12.3 Å². The van der Waals surface area contributed by atoms with Crippen LogP contribution >= 0.6 is 7.14 Å². The van der Waals surface area contributed by atoms with Crippen LogP contribution in [0.2, 0.25) is 36.3 Å². The van der Waals surface area contributed by atoms with E-state index in [4.69, 9.17) is 23.3 Å². The third-order valence-corrected chi connectivity index (χ3v) is 23.6. The number of unbranched alkanes of at least 4 members (excludes halogenated alkanes) is 2. The van der Waals surface area contributed by atoms with E-state index in [1.165, 1.54) is 11.5 Å². The van der Waals surface area contributed by atoms with Gasteiger partial charge < -0.3 is 28.2 Å². The van der Waals surface area contributed by atoms with E-state index in [1.807, 2.05) is 24.3 Å². The number of anilines is 1. The number of aliphatic imine (C=N–C) groups is 1. The van der Waals surface area contributed by atoms with Crippen LogP contribution in [0.25, 0.3) is 0 Å². The highest BCUT2D eigenvalue weighted by Gasteiger charge is 2.58. The number of aromatic nitrogens is 2. The number of benzene rings is 1. The van der Waals surface area contributed by atoms with Crippen LogP contribution < -0.4 is 15.7 Å². The van der Waals surface area contributed by atoms with Gasteiger partial charge in [-0.25, -0.2) is 4.79 Å². The number of methoxy groups -OCH3 is 1. The van der Waals surface area contributed by atoms with Gasteiger partial charge in [-0.2, -0.15) is 4.98 Å². The summed E-state index contributed by atoms with van der Waals surface area (Å²) >= 11 is 0. The monoisotopic (exact) mass is 790 g/mol. The number of nitrogens with zero attached hydrogens (tertiary/aromatic N) is 3. The van der Waals surface area contributed by atoms with Crippen molar-refractivity contribution in [1.82, 2.24) is 9.55 Å². The number of hydrogen-bond acceptors (Lipinski definition) is 9. The lowest BCUT2D eigenvalue weighted by Crippen LogP contribution is -2.55. The average Bonchev–Trinajstić information content (AvgIpc) is 3.37. The van der Waals surface area contributed by atoms with Gasteiger partial charge in [0.25, 0.3) is 0 Å². The molecule has 0 aliphatic carbocycles. The lowest BCUT2D eigenvalue weighted by Gasteiger charge is -2.44. The van der Waals surface area contributed by atoms with E-state index in [2.05, 4.69) is 91.9 Å². The van der Waals surface area contributed by atoms with Gasteiger partial charge in [0.05, 0.1) is 7.11 Å². The minimum absolute atomic E-state index is 0.148. The lowest BCUT2D eigenvalue weighted by atomic mass is 10.1. The zero-order valence-electron chi connectivity index (χ0n) is 34.8. The summed E-state index contributed by atoms with van der Waals surface area (Å²) in [5.74, 6) is -0.222. The molecule has 0 bridgehead atoms. The first-order chi connectivity index (χ1) is 24.5. The Bertz CT molecular complexity index is 1640. The predicted molar refractivity (Wildman–Crippen MR) is 222 cm³/mol. The standard InChI is InChI=1S/C39H67N4O7PSi2/c1-15-17-25-51(46,26-18-16-2)35(40-27-29-19-21-30(47-10)22-20-29)33-32(49-52(11,12)38(4,5)6)34(50-53(13,14)39(7,8)9)36(48-33)43-24-23-31(41-28(3)44)42-37(43)45/h19-24,27,32-36H,15-18,25-26H2,1-14H3,(H,41,42,44,45)/b40-27+/t32-,33+,34-,35+,36-/m1/s1. The van der Waals surface area contributed by atoms with E-state index < -0.39 is 59.8 Å². The maximum Gasteiger partial charge on any atom is 0.351 e. The van der Waals surface area contributed by atoms with E-state index in [1.54, 1.807) is 25.6 Å². The number of rotatable bonds is 17. The minimum Gasteiger partial charge on any atom is -0.497 e. The van der Waals surface area contributed by atoms with Crippen molar-refractivity contribution in [2.75, 3.05) is 24.8 Å². The fourth-order valence-corrected chi connectivity index (χ4v) is 12.0. The Hall–Kier alpha value is -2.42. The van der Waals surface area contributed by atoms with Crippen LogP contribution in [0.3, 0.4) is 0 Å². The molecule has 1 aromatic carbocycles. The van der Waals surface area contributed by atoms with Gasteiger partial charge in [0.1, 0.15) is 42.8 Å². The number of amides is 1. The van der Waals surface area contributed by atoms with Gasteiger partial charge in [-0.1, -0.05) is 68.2 Å². The van der Waals surface area contributed by atoms with E-state index in [-0.39, 0.29) is 21.8 Å². The second kappa shape index (κ2) is 18.0. The smallest absolute Gasteiger partial charge is 0.351 e. The Labute approximate surface area is 320 Å². The van der Waals surface area contributed by atoms with Gasteiger partial charge in [0.15, 0.2) is 22.9 Å². The molecule has 1 saturated heterocycles. The SMILES string of the molecule is CCCCP(=O)(CCCC)[C@H](/N=C/c1ccc(OC)cc1)[C@H]1O[C@@H](n2ccc(NC(C)=O)nc2=O)[C@H](O[Si](C)(C)C(C)(C)C)[C@@H]1O[Si](C)(C)C(C)(C)C. The zero-order valence-corrected chi connectivity index (χ0v) is 37.7. The summed E-state index contributed by atoms with van der Waals surface area (Å²) in [5.41, 5.74) is 0.239. The molecule has 2 aromatic rings. The van der Waals surface area contributed by atoms with Crippen LogP contribution in [-0.2, 0) is 22.9 Å². The molecule has 298 valence electrons. The highest BCUT2D eigenvalue weighted by Crippen LogP contribution is 2.58. The molecule has 3 rings (SSSR count). The zero-order chi connectivity index (χ0) is 40.0. The molecular formula is C39H67N4O7PSi2. The Kier molecular flexibility index (Phi) is 15.3. The predicted octanol–water partition coefficient (Wildman–Crippen LogP) is 9.30. The molecular weight excluding hydrogens is 724 g/mol. The van der Waals surface area contributed by atoms with Gasteiger partial charge in [-0.15, -0.1) is 0 Å². The molecule has 53 heavy (non-hydrogen) atoms. The fraction of sp³-hybridized carbons (Fsp3) is 0.692. The molecule has 1 aliphatic rings. The summed E-state index contributed by atoms with van der Waals surface area (Å²) in [6.07, 6.45) is 4.56. The Morgan fingerprint density at radius 3 is 1.94 bits per heavy atom. The molecule has 0 radical (unpaired) electrons. The second-order valence-corrected chi connectivity index (χ2v) is 30.3. The van der Waals surface area contributed by atoms with Crippen molar-refractivity contribution in [3.63, 3.8) is 0 Å². The Morgan fingerprint density at radius 1 is 0.962 bits per heavy atom. The summed E-state index contributed by atoms with van der Waals surface area (Å²) in [7, 11) is -6.55. The molecule has 2 heterocycles. The number of ether oxygens (including phenoxy) is 2. The van der Waals surface area contributed by atoms with E-state index >= 15 is 4.57 Å². The van der Waals surface area contributed by atoms with Crippen molar-refractivity contribution in [2.24, 2.45) is 4.99 Å². The van der Waals surface area contributed by atoms with Crippen LogP contribution in [0, 0.1) is 0 Å². The van der Waals surface area contributed by atoms with Crippen LogP contribution in [-0.4, -0.2) is 81.8 Å². The first-order valence-corrected chi connectivity index (χ1v) is 27.1. The van der Waals surface area contributed by atoms with Crippen LogP contribution in [0.1, 0.15) is 99.8 Å². The van der Waals surface area contributed by atoms with Gasteiger partial charge in [-0.05, 0) is 85.0 Å². The largest absolute Gasteiger partial charge is 0.497 e. The molecule has 14 heteroatoms. The third-order valence-electron chi connectivity index (χ3n) is 11.2. The molecule has 11 nitrogen and oxygen atoms in total. The van der Waals surface area contributed by atoms with Gasteiger partial charge in [-0.3, -0.25) is 14.4 Å². The normalized spacial score (nSPS) is 20.9. The van der Waals surface area contributed by atoms with E-state index in [9.17, 15) is 9.59 Å². The quantitative estimate of drug-likeness (QED) is 0.0954. The van der Waals surface area contributed by atoms with Crippen LogP contribution in [0.4, 0.5) is 5.82 Å². The van der Waals surface area contributed by atoms with Crippen LogP contribution in [0.15, 0.2) is 46.3 Å². The van der Waals surface area contributed by atoms with Gasteiger partial charge in [0, 0.05) is 31.7 Å². The molecule has 5 atom stereocenters. The molecule has 1 N–H and O–H groups in total. The molecule has 1 amide bonds. The minimum atomic E-state index is -3.08. The Morgan fingerprint density at radius 2 is 1.49 bits per heavy atom. The average molecular weight is 791 g/mol. The fourth-order valence-electron chi connectivity index (χ4n) is 5.83. The Balaban J connectivity index is 2.38. The summed E-state index contributed by atoms with van der Waals surface area (Å²) in [6, 6.07) is 9.19. The lowest BCUT2D eigenvalue weighted by molar-refractivity contribution is -0.114. The number of carbonyl (C=O) groups is 1. The van der Waals surface area contributed by atoms with Crippen molar-refractivity contribution >= 4 is 41.7 Å². The van der Waals surface area contributed by atoms with E-state index in [0.717, 1.165) is 37.0 Å². The first-order valence-electron chi connectivity index (χ1n) is 19.1. The van der Waals surface area contributed by atoms with Gasteiger partial charge >= 0.3 is 5.69 Å². The van der Waals surface area contributed by atoms with Crippen molar-refractivity contribution < 1.29 is 27.7 Å². The molecule has 0 spiro atoms. The molecule has 0 unspecified atom stereocenters. The highest BCUT2D eigenvalue weighted by atomic mass is 31.2. The van der Waals surface area contributed by atoms with Crippen molar-refractivity contribution in [3.8, 4) is 5.75 Å². The van der Waals surface area contributed by atoms with Crippen molar-refractivity contribution in [3.05, 3.63) is 52.6 Å². The molecule has 1 aromatic heterocycles. The summed E-state index contributed by atoms with van der Waals surface area (Å²) in [4.78, 5) is 35.1. The summed E-state index contributed by atoms with van der Waals surface area (Å²) < 4.78 is 44.3. The summed E-state index contributed by atoms with van der Waals surface area (Å²) in [6.45, 7) is 27.4. The van der Waals surface area contributed by atoms with Crippen molar-refractivity contribution in [1.29, 1.82) is 0 Å². The van der Waals surface area contributed by atoms with Crippen molar-refractivity contribution in [2.45, 2.75) is 155 Å². The van der Waals surface area contributed by atoms with Gasteiger partial charge in [0.2, 0.25) is 5.91 Å².